The minimum Gasteiger partial charge on any atom is -0.0628 e. The van der Waals surface area contributed by atoms with Crippen molar-refractivity contribution in [1.29, 1.82) is 0 Å². The molecule has 142 valence electrons. The summed E-state index contributed by atoms with van der Waals surface area (Å²) in [6.45, 7) is 11.9. The highest BCUT2D eigenvalue weighted by Crippen LogP contribution is 2.48. The molecule has 1 aliphatic carbocycles. The van der Waals surface area contributed by atoms with Gasteiger partial charge < -0.3 is 0 Å². The van der Waals surface area contributed by atoms with Crippen LogP contribution in [0.2, 0.25) is 0 Å². The van der Waals surface area contributed by atoms with Crippen molar-refractivity contribution in [2.75, 3.05) is 0 Å². The lowest BCUT2D eigenvalue weighted by molar-refractivity contribution is 0.283. The summed E-state index contributed by atoms with van der Waals surface area (Å²) < 4.78 is 0. The Kier molecular flexibility index (Phi) is 4.78. The summed E-state index contributed by atoms with van der Waals surface area (Å²) in [4.78, 5) is 0. The number of rotatable bonds is 5. The number of fused-ring (bicyclic) bond motifs is 5. The van der Waals surface area contributed by atoms with Gasteiger partial charge in [-0.2, -0.15) is 0 Å². The van der Waals surface area contributed by atoms with E-state index in [-0.39, 0.29) is 0 Å². The lowest BCUT2D eigenvalue weighted by Crippen LogP contribution is -2.27. The summed E-state index contributed by atoms with van der Waals surface area (Å²) in [7, 11) is 0. The van der Waals surface area contributed by atoms with Crippen molar-refractivity contribution in [3.8, 4) is 0 Å². The van der Waals surface area contributed by atoms with Gasteiger partial charge in [0, 0.05) is 0 Å². The van der Waals surface area contributed by atoms with Crippen molar-refractivity contribution in [1.82, 2.24) is 0 Å². The molecule has 0 fully saturated rings. The maximum Gasteiger partial charge on any atom is -0.00435 e. The van der Waals surface area contributed by atoms with Gasteiger partial charge in [0.1, 0.15) is 0 Å². The third-order valence-electron chi connectivity index (χ3n) is 7.30. The van der Waals surface area contributed by atoms with Gasteiger partial charge in [-0.3, -0.25) is 0 Å². The normalized spacial score (nSPS) is 20.5. The van der Waals surface area contributed by atoms with Gasteiger partial charge in [0.25, 0.3) is 0 Å². The summed E-state index contributed by atoms with van der Waals surface area (Å²) in [5.41, 5.74) is 4.92. The van der Waals surface area contributed by atoms with Crippen molar-refractivity contribution < 1.29 is 0 Å². The fourth-order valence-electron chi connectivity index (χ4n) is 5.31. The molecule has 0 heterocycles. The monoisotopic (exact) mass is 358 g/mol. The smallest absolute Gasteiger partial charge is 0.00435 e. The maximum atomic E-state index is 2.52. The first-order chi connectivity index (χ1) is 12.9. The van der Waals surface area contributed by atoms with Crippen LogP contribution in [0.15, 0.2) is 42.5 Å². The molecule has 0 aliphatic heterocycles. The zero-order valence-corrected chi connectivity index (χ0v) is 17.7. The zero-order chi connectivity index (χ0) is 19.2. The van der Waals surface area contributed by atoms with Crippen LogP contribution < -0.4 is 0 Å². The average Bonchev–Trinajstić information content (AvgIpc) is 2.99. The minimum atomic E-state index is 0.336. The van der Waals surface area contributed by atoms with Gasteiger partial charge in [-0.15, -0.1) is 0 Å². The van der Waals surface area contributed by atoms with E-state index in [9.17, 15) is 0 Å². The van der Waals surface area contributed by atoms with E-state index >= 15 is 0 Å². The Labute approximate surface area is 165 Å². The summed E-state index contributed by atoms with van der Waals surface area (Å²) in [6, 6.07) is 16.4. The quantitative estimate of drug-likeness (QED) is 0.406. The molecule has 2 atom stereocenters. The predicted molar refractivity (Wildman–Crippen MR) is 120 cm³/mol. The van der Waals surface area contributed by atoms with E-state index in [0.717, 1.165) is 11.8 Å². The topological polar surface area (TPSA) is 0 Å². The molecule has 0 amide bonds. The van der Waals surface area contributed by atoms with E-state index in [1.54, 1.807) is 11.1 Å². The largest absolute Gasteiger partial charge is 0.0628 e. The van der Waals surface area contributed by atoms with Crippen LogP contribution in [0.4, 0.5) is 0 Å². The van der Waals surface area contributed by atoms with Crippen LogP contribution in [0.25, 0.3) is 21.5 Å². The third kappa shape index (κ3) is 3.18. The van der Waals surface area contributed by atoms with Crippen molar-refractivity contribution in [3.63, 3.8) is 0 Å². The Balaban J connectivity index is 1.73. The van der Waals surface area contributed by atoms with Crippen LogP contribution >= 0.6 is 0 Å². The van der Waals surface area contributed by atoms with Gasteiger partial charge >= 0.3 is 0 Å². The molecule has 0 saturated heterocycles. The summed E-state index contributed by atoms with van der Waals surface area (Å²) in [6.07, 6.45) is 6.60. The van der Waals surface area contributed by atoms with Crippen LogP contribution in [0.5, 0.6) is 0 Å². The van der Waals surface area contributed by atoms with E-state index in [0.29, 0.717) is 5.41 Å². The molecule has 0 heteroatoms. The maximum absolute atomic E-state index is 2.52. The molecule has 0 radical (unpaired) electrons. The van der Waals surface area contributed by atoms with Crippen LogP contribution in [0.1, 0.15) is 70.1 Å². The average molecular weight is 359 g/mol. The molecule has 0 saturated carbocycles. The first kappa shape index (κ1) is 18.5. The van der Waals surface area contributed by atoms with Crippen molar-refractivity contribution >= 4 is 21.5 Å². The van der Waals surface area contributed by atoms with Gasteiger partial charge in [-0.05, 0) is 76.1 Å². The molecule has 3 aromatic carbocycles. The second-order valence-corrected chi connectivity index (χ2v) is 9.62. The molecule has 1 aliphatic rings. The third-order valence-corrected chi connectivity index (χ3v) is 7.30. The molecule has 3 aromatic rings. The second kappa shape index (κ2) is 6.97. The first-order valence-electron chi connectivity index (χ1n) is 10.9. The molecular formula is C27H34. The Morgan fingerprint density at radius 1 is 0.889 bits per heavy atom. The lowest BCUT2D eigenvalue weighted by Gasteiger charge is -2.33. The van der Waals surface area contributed by atoms with Crippen molar-refractivity contribution in [3.05, 3.63) is 59.2 Å². The molecule has 0 bridgehead atoms. The van der Waals surface area contributed by atoms with E-state index in [1.807, 2.05) is 0 Å². The van der Waals surface area contributed by atoms with Crippen molar-refractivity contribution in [2.45, 2.75) is 72.1 Å². The summed E-state index contributed by atoms with van der Waals surface area (Å²) in [5, 5.41) is 5.69. The van der Waals surface area contributed by atoms with Crippen LogP contribution in [-0.4, -0.2) is 0 Å². The molecule has 0 N–H and O–H groups in total. The molecule has 0 spiro atoms. The van der Waals surface area contributed by atoms with E-state index in [4.69, 9.17) is 0 Å². The zero-order valence-electron chi connectivity index (χ0n) is 17.7. The second-order valence-electron chi connectivity index (χ2n) is 9.62. The van der Waals surface area contributed by atoms with E-state index in [2.05, 4.69) is 77.1 Å². The number of hydrogen-bond acceptors (Lipinski definition) is 0. The van der Waals surface area contributed by atoms with Gasteiger partial charge in [0.05, 0.1) is 0 Å². The van der Waals surface area contributed by atoms with Gasteiger partial charge in [-0.1, -0.05) is 88.6 Å². The molecule has 27 heavy (non-hydrogen) atoms. The molecule has 0 nitrogen and oxygen atoms in total. The van der Waals surface area contributed by atoms with E-state index in [1.165, 1.54) is 59.2 Å². The molecular weight excluding hydrogens is 324 g/mol. The SMILES string of the molecule is Cc1ccc2c(ccc3c4c(ccc32)C(C)(C(C)CCCC(C)C)CC4)c1. The lowest BCUT2D eigenvalue weighted by atomic mass is 9.71. The van der Waals surface area contributed by atoms with Gasteiger partial charge in [0.15, 0.2) is 0 Å². The Hall–Kier alpha value is -1.82. The molecule has 0 aromatic heterocycles. The number of benzene rings is 3. The Bertz CT molecular complexity index is 978. The minimum absolute atomic E-state index is 0.336. The van der Waals surface area contributed by atoms with Gasteiger partial charge in [-0.25, -0.2) is 0 Å². The van der Waals surface area contributed by atoms with E-state index < -0.39 is 0 Å². The predicted octanol–water partition coefficient (Wildman–Crippen LogP) is 7.97. The Morgan fingerprint density at radius 3 is 2.41 bits per heavy atom. The first-order valence-corrected chi connectivity index (χ1v) is 10.9. The van der Waals surface area contributed by atoms with Crippen LogP contribution in [-0.2, 0) is 11.8 Å². The van der Waals surface area contributed by atoms with Crippen LogP contribution in [0, 0.1) is 18.8 Å². The highest BCUT2D eigenvalue weighted by Gasteiger charge is 2.39. The van der Waals surface area contributed by atoms with Crippen LogP contribution in [0.3, 0.4) is 0 Å². The highest BCUT2D eigenvalue weighted by atomic mass is 14.4. The Morgan fingerprint density at radius 2 is 1.63 bits per heavy atom. The summed E-state index contributed by atoms with van der Waals surface area (Å²) >= 11 is 0. The number of hydrogen-bond donors (Lipinski definition) is 0. The summed E-state index contributed by atoms with van der Waals surface area (Å²) in [5.74, 6) is 1.57. The van der Waals surface area contributed by atoms with Crippen molar-refractivity contribution in [2.24, 2.45) is 11.8 Å². The molecule has 4 rings (SSSR count). The molecule has 2 unspecified atom stereocenters. The fraction of sp³-hybridized carbons (Fsp3) is 0.481. The fourth-order valence-corrected chi connectivity index (χ4v) is 5.31. The highest BCUT2D eigenvalue weighted by molar-refractivity contribution is 6.09. The number of aryl methyl sites for hydroxylation is 2. The van der Waals surface area contributed by atoms with Gasteiger partial charge in [0.2, 0.25) is 0 Å². The standard InChI is InChI=1S/C27H34/c1-18(2)7-6-8-20(4)27(5)16-15-25-24-12-10-21-17-19(3)9-11-22(21)23(24)13-14-26(25)27/h9-14,17-18,20H,6-8,15-16H2,1-5H3.